The van der Waals surface area contributed by atoms with E-state index in [0.717, 1.165) is 25.9 Å². The molecule has 2 saturated heterocycles. The summed E-state index contributed by atoms with van der Waals surface area (Å²) in [4.78, 5) is 16.0. The first-order valence-corrected chi connectivity index (χ1v) is 12.2. The average Bonchev–Trinajstić information content (AvgIpc) is 3.25. The van der Waals surface area contributed by atoms with Crippen LogP contribution in [0, 0.1) is 18.2 Å². The number of piperazine rings is 1. The number of hydrogen-bond donors (Lipinski definition) is 2. The van der Waals surface area contributed by atoms with Gasteiger partial charge in [0.15, 0.2) is 5.82 Å². The number of nitrogens with zero attached hydrogens (tertiary/aromatic N) is 4. The molecule has 2 aromatic heterocycles. The predicted molar refractivity (Wildman–Crippen MR) is 139 cm³/mol. The number of pyridine rings is 1. The van der Waals surface area contributed by atoms with E-state index < -0.39 is 5.82 Å². The summed E-state index contributed by atoms with van der Waals surface area (Å²) in [7, 11) is 3.02. The molecule has 2 fully saturated rings. The largest absolute Gasteiger partial charge is 0.508 e. The zero-order valence-corrected chi connectivity index (χ0v) is 20.6. The summed E-state index contributed by atoms with van der Waals surface area (Å²) in [6, 6.07) is 9.22. The standard InChI is InChI=1S/C28H26FN5O3/c1-4-15-6-5-7-16-10-19(35)11-20(22(15)16)25-24(29)26-23(21(31-25)14-36-2)27(33-28(32-26)37-3)34-12-17-8-9-18(13-34)30-17/h1,5-7,10-11,17-18,30,35H,8-9,12-14H2,2-3H3. The summed E-state index contributed by atoms with van der Waals surface area (Å²) in [5.41, 5.74) is 1.54. The monoisotopic (exact) mass is 499 g/mol. The number of aromatic hydroxyl groups is 1. The Hall–Kier alpha value is -4.00. The first kappa shape index (κ1) is 23.4. The number of phenolic OH excluding ortho intramolecular Hbond substituents is 1. The number of methoxy groups -OCH3 is 2. The van der Waals surface area contributed by atoms with Crippen LogP contribution in [-0.4, -0.2) is 59.5 Å². The van der Waals surface area contributed by atoms with E-state index in [1.165, 1.54) is 13.2 Å². The maximum Gasteiger partial charge on any atom is 0.318 e. The molecule has 0 aliphatic carbocycles. The minimum absolute atomic E-state index is 0.0234. The fraction of sp³-hybridized carbons (Fsp3) is 0.321. The van der Waals surface area contributed by atoms with Crippen molar-refractivity contribution < 1.29 is 19.0 Å². The molecule has 8 nitrogen and oxygen atoms in total. The van der Waals surface area contributed by atoms with Crippen LogP contribution in [0.5, 0.6) is 11.8 Å². The van der Waals surface area contributed by atoms with Gasteiger partial charge in [-0.25, -0.2) is 9.37 Å². The van der Waals surface area contributed by atoms with Gasteiger partial charge in [0.2, 0.25) is 0 Å². The molecule has 9 heteroatoms. The van der Waals surface area contributed by atoms with E-state index in [9.17, 15) is 5.11 Å². The fourth-order valence-electron chi connectivity index (χ4n) is 5.63. The third-order valence-corrected chi connectivity index (χ3v) is 7.17. The van der Waals surface area contributed by atoms with Crippen LogP contribution in [0.1, 0.15) is 24.1 Å². The number of halogens is 1. The van der Waals surface area contributed by atoms with Gasteiger partial charge in [-0.3, -0.25) is 0 Å². The lowest BCUT2D eigenvalue weighted by Gasteiger charge is -2.34. The van der Waals surface area contributed by atoms with Gasteiger partial charge in [0.05, 0.1) is 24.8 Å². The second kappa shape index (κ2) is 9.14. The predicted octanol–water partition coefficient (Wildman–Crippen LogP) is 3.77. The zero-order valence-electron chi connectivity index (χ0n) is 20.6. The highest BCUT2D eigenvalue weighted by atomic mass is 19.1. The van der Waals surface area contributed by atoms with Gasteiger partial charge < -0.3 is 24.8 Å². The molecule has 4 aromatic rings. The smallest absolute Gasteiger partial charge is 0.318 e. The quantitative estimate of drug-likeness (QED) is 0.401. The van der Waals surface area contributed by atoms with Crippen molar-refractivity contribution in [3.63, 3.8) is 0 Å². The molecule has 2 aliphatic heterocycles. The molecule has 0 amide bonds. The SMILES string of the molecule is C#Cc1cccc2cc(O)cc(-c3nc(COC)c4c(N5CC6CCC(C5)N6)nc(OC)nc4c3F)c12. The van der Waals surface area contributed by atoms with E-state index in [2.05, 4.69) is 26.1 Å². The lowest BCUT2D eigenvalue weighted by atomic mass is 9.96. The molecule has 188 valence electrons. The van der Waals surface area contributed by atoms with E-state index in [1.807, 2.05) is 6.07 Å². The number of ether oxygens (including phenoxy) is 2. The Labute approximate surface area is 213 Å². The van der Waals surface area contributed by atoms with Gasteiger partial charge in [-0.15, -0.1) is 6.42 Å². The van der Waals surface area contributed by atoms with Crippen molar-refractivity contribution >= 4 is 27.5 Å². The lowest BCUT2D eigenvalue weighted by molar-refractivity contribution is 0.182. The minimum atomic E-state index is -0.645. The van der Waals surface area contributed by atoms with Crippen LogP contribution in [0.25, 0.3) is 32.9 Å². The highest BCUT2D eigenvalue weighted by Crippen LogP contribution is 2.40. The highest BCUT2D eigenvalue weighted by Gasteiger charge is 2.35. The van der Waals surface area contributed by atoms with Gasteiger partial charge in [-0.2, -0.15) is 9.97 Å². The molecule has 2 unspecified atom stereocenters. The Morgan fingerprint density at radius 2 is 1.92 bits per heavy atom. The maximum absolute atomic E-state index is 16.5. The molecule has 0 saturated carbocycles. The third kappa shape index (κ3) is 3.89. The highest BCUT2D eigenvalue weighted by molar-refractivity contribution is 6.03. The summed E-state index contributed by atoms with van der Waals surface area (Å²) in [5.74, 6) is 2.58. The minimum Gasteiger partial charge on any atom is -0.508 e. The van der Waals surface area contributed by atoms with E-state index in [4.69, 9.17) is 20.9 Å². The topological polar surface area (TPSA) is 92.6 Å². The number of benzene rings is 2. The van der Waals surface area contributed by atoms with Crippen molar-refractivity contribution in [1.29, 1.82) is 0 Å². The molecule has 2 atom stereocenters. The molecular formula is C28H26FN5O3. The Bertz CT molecular complexity index is 1570. The number of rotatable bonds is 5. The van der Waals surface area contributed by atoms with Gasteiger partial charge >= 0.3 is 6.01 Å². The Balaban J connectivity index is 1.66. The van der Waals surface area contributed by atoms with E-state index >= 15 is 4.39 Å². The zero-order chi connectivity index (χ0) is 25.7. The fourth-order valence-corrected chi connectivity index (χ4v) is 5.63. The van der Waals surface area contributed by atoms with E-state index in [-0.39, 0.29) is 29.6 Å². The van der Waals surface area contributed by atoms with Crippen LogP contribution in [0.2, 0.25) is 0 Å². The number of aromatic nitrogens is 3. The number of terminal acetylenes is 1. The van der Waals surface area contributed by atoms with Gasteiger partial charge in [0, 0.05) is 48.8 Å². The first-order valence-electron chi connectivity index (χ1n) is 12.2. The van der Waals surface area contributed by atoms with Crippen molar-refractivity contribution in [1.82, 2.24) is 20.3 Å². The summed E-state index contributed by atoms with van der Waals surface area (Å²) >= 11 is 0. The Morgan fingerprint density at radius 3 is 2.62 bits per heavy atom. The van der Waals surface area contributed by atoms with Crippen molar-refractivity contribution in [2.75, 3.05) is 32.2 Å². The van der Waals surface area contributed by atoms with Gasteiger partial charge in [-0.1, -0.05) is 18.1 Å². The average molecular weight is 500 g/mol. The second-order valence-electron chi connectivity index (χ2n) is 9.50. The van der Waals surface area contributed by atoms with Crippen molar-refractivity contribution in [3.05, 3.63) is 47.4 Å². The summed E-state index contributed by atoms with van der Waals surface area (Å²) in [6.07, 6.45) is 7.96. The van der Waals surface area contributed by atoms with Crippen LogP contribution in [0.3, 0.4) is 0 Å². The van der Waals surface area contributed by atoms with Crippen molar-refractivity contribution in [2.24, 2.45) is 0 Å². The molecule has 6 rings (SSSR count). The molecular weight excluding hydrogens is 473 g/mol. The molecule has 0 radical (unpaired) electrons. The number of phenols is 1. The number of hydrogen-bond acceptors (Lipinski definition) is 8. The lowest BCUT2D eigenvalue weighted by Crippen LogP contribution is -2.51. The first-order chi connectivity index (χ1) is 18.0. The second-order valence-corrected chi connectivity index (χ2v) is 9.50. The van der Waals surface area contributed by atoms with Crippen molar-refractivity contribution in [3.8, 4) is 35.4 Å². The van der Waals surface area contributed by atoms with E-state index in [0.29, 0.717) is 50.9 Å². The number of nitrogens with one attached hydrogen (secondary N) is 1. The maximum atomic E-state index is 16.5. The van der Waals surface area contributed by atoms with Gasteiger partial charge in [-0.05, 0) is 36.4 Å². The van der Waals surface area contributed by atoms with E-state index in [1.54, 1.807) is 25.3 Å². The van der Waals surface area contributed by atoms with Crippen LogP contribution in [-0.2, 0) is 11.3 Å². The van der Waals surface area contributed by atoms with Gasteiger partial charge in [0.25, 0.3) is 0 Å². The Morgan fingerprint density at radius 1 is 1.14 bits per heavy atom. The summed E-state index contributed by atoms with van der Waals surface area (Å²) < 4.78 is 27.4. The third-order valence-electron chi connectivity index (χ3n) is 7.17. The molecule has 2 aliphatic rings. The summed E-state index contributed by atoms with van der Waals surface area (Å²) in [6.45, 7) is 1.60. The van der Waals surface area contributed by atoms with Crippen LogP contribution in [0.15, 0.2) is 30.3 Å². The summed E-state index contributed by atoms with van der Waals surface area (Å²) in [5, 5.41) is 15.9. The Kier molecular flexibility index (Phi) is 5.78. The van der Waals surface area contributed by atoms with Gasteiger partial charge in [0.1, 0.15) is 22.8 Å². The van der Waals surface area contributed by atoms with Crippen LogP contribution in [0.4, 0.5) is 10.2 Å². The molecule has 37 heavy (non-hydrogen) atoms. The molecule has 2 aromatic carbocycles. The van der Waals surface area contributed by atoms with Crippen molar-refractivity contribution in [2.45, 2.75) is 31.5 Å². The normalized spacial score (nSPS) is 18.9. The molecule has 2 bridgehead atoms. The molecule has 2 N–H and O–H groups in total. The number of fused-ring (bicyclic) bond motifs is 4. The molecule has 4 heterocycles. The molecule has 0 spiro atoms. The van der Waals surface area contributed by atoms with Crippen LogP contribution < -0.4 is 15.0 Å². The van der Waals surface area contributed by atoms with Crippen LogP contribution >= 0.6 is 0 Å². The number of anilines is 1.